The highest BCUT2D eigenvalue weighted by Crippen LogP contribution is 2.20. The lowest BCUT2D eigenvalue weighted by molar-refractivity contribution is -0.128. The van der Waals surface area contributed by atoms with Crippen molar-refractivity contribution in [1.82, 2.24) is 15.1 Å². The summed E-state index contributed by atoms with van der Waals surface area (Å²) in [6, 6.07) is 6.42. The van der Waals surface area contributed by atoms with Crippen molar-refractivity contribution in [2.75, 3.05) is 26.2 Å². The van der Waals surface area contributed by atoms with Gasteiger partial charge in [0.05, 0.1) is 12.6 Å². The summed E-state index contributed by atoms with van der Waals surface area (Å²) in [5.74, 6) is 0.668. The van der Waals surface area contributed by atoms with E-state index in [2.05, 4.69) is 10.2 Å². The van der Waals surface area contributed by atoms with Crippen LogP contribution in [0.1, 0.15) is 37.0 Å². The maximum atomic E-state index is 12.1. The fourth-order valence-corrected chi connectivity index (χ4v) is 3.46. The van der Waals surface area contributed by atoms with Crippen LogP contribution in [0.25, 0.3) is 0 Å². The van der Waals surface area contributed by atoms with Gasteiger partial charge in [-0.05, 0) is 51.0 Å². The van der Waals surface area contributed by atoms with Crippen LogP contribution in [0, 0.1) is 0 Å². The van der Waals surface area contributed by atoms with E-state index in [1.807, 2.05) is 0 Å². The minimum atomic E-state index is -0.417. The quantitative estimate of drug-likeness (QED) is 0.455. The number of rotatable bonds is 7. The third-order valence-electron chi connectivity index (χ3n) is 4.93. The summed E-state index contributed by atoms with van der Waals surface area (Å²) in [6.45, 7) is 6.30. The number of Topliss-reactive ketones (excluding diaryl/α,β-unsaturated/α-hetero) is 1. The van der Waals surface area contributed by atoms with Crippen LogP contribution >= 0.6 is 0 Å². The highest BCUT2D eigenvalue weighted by molar-refractivity contribution is 6.04. The van der Waals surface area contributed by atoms with Gasteiger partial charge in [-0.1, -0.05) is 0 Å². The summed E-state index contributed by atoms with van der Waals surface area (Å²) < 4.78 is 5.71. The van der Waals surface area contributed by atoms with E-state index in [1.54, 1.807) is 38.1 Å². The molecule has 0 spiro atoms. The molecule has 7 nitrogen and oxygen atoms in total. The van der Waals surface area contributed by atoms with Gasteiger partial charge in [-0.3, -0.25) is 14.5 Å². The molecule has 2 aliphatic heterocycles. The first-order chi connectivity index (χ1) is 12.5. The second-order valence-corrected chi connectivity index (χ2v) is 6.91. The van der Waals surface area contributed by atoms with E-state index in [9.17, 15) is 14.4 Å². The molecular weight excluding hydrogens is 334 g/mol. The molecule has 2 atom stereocenters. The number of ether oxygens (including phenoxy) is 1. The van der Waals surface area contributed by atoms with Gasteiger partial charge in [-0.25, -0.2) is 4.79 Å². The van der Waals surface area contributed by atoms with Gasteiger partial charge < -0.3 is 15.0 Å². The number of imide groups is 1. The zero-order valence-electron chi connectivity index (χ0n) is 15.2. The molecule has 2 fully saturated rings. The maximum Gasteiger partial charge on any atom is 0.325 e. The topological polar surface area (TPSA) is 79.0 Å². The number of carbonyl (C=O) groups excluding carboxylic acids is 3. The molecule has 1 aromatic carbocycles. The number of benzene rings is 1. The first-order valence-electron chi connectivity index (χ1n) is 9.05. The first kappa shape index (κ1) is 18.4. The van der Waals surface area contributed by atoms with Crippen LogP contribution in [0.2, 0.25) is 0 Å². The molecule has 1 N–H and O–H groups in total. The second-order valence-electron chi connectivity index (χ2n) is 6.91. The summed E-state index contributed by atoms with van der Waals surface area (Å²) in [6.07, 6.45) is 1.68. The Labute approximate surface area is 153 Å². The van der Waals surface area contributed by atoms with Gasteiger partial charge in [0, 0.05) is 25.2 Å². The standard InChI is InChI=1S/C19H25N3O4/c1-13-18(24)22(19(25)20-13)16-8-10-21(12-16)9-3-11-26-17-6-4-15(5-7-17)14(2)23/h4-7,13,16H,3,8-12H2,1-2H3,(H,20,25)/t13-,16-/m1/s1. The molecule has 3 rings (SSSR count). The van der Waals surface area contributed by atoms with Crippen molar-refractivity contribution in [1.29, 1.82) is 0 Å². The molecule has 0 unspecified atom stereocenters. The van der Waals surface area contributed by atoms with Gasteiger partial charge in [0.15, 0.2) is 5.78 Å². The van der Waals surface area contributed by atoms with E-state index < -0.39 is 6.04 Å². The third kappa shape index (κ3) is 4.04. The molecule has 140 valence electrons. The van der Waals surface area contributed by atoms with Crippen LogP contribution in [0.15, 0.2) is 24.3 Å². The Morgan fingerprint density at radius 2 is 2.00 bits per heavy atom. The molecule has 0 aliphatic carbocycles. The lowest BCUT2D eigenvalue weighted by Crippen LogP contribution is -2.42. The van der Waals surface area contributed by atoms with Crippen LogP contribution in [-0.4, -0.2) is 65.8 Å². The van der Waals surface area contributed by atoms with Gasteiger partial charge in [-0.2, -0.15) is 0 Å². The Kier molecular flexibility index (Phi) is 5.56. The highest BCUT2D eigenvalue weighted by atomic mass is 16.5. The lowest BCUT2D eigenvalue weighted by Gasteiger charge is -2.21. The number of urea groups is 1. The van der Waals surface area contributed by atoms with Crippen LogP contribution < -0.4 is 10.1 Å². The van der Waals surface area contributed by atoms with Gasteiger partial charge in [-0.15, -0.1) is 0 Å². The molecule has 0 saturated carbocycles. The average molecular weight is 359 g/mol. The summed E-state index contributed by atoms with van der Waals surface area (Å²) in [4.78, 5) is 38.9. The van der Waals surface area contributed by atoms with Gasteiger partial charge >= 0.3 is 6.03 Å². The summed E-state index contributed by atoms with van der Waals surface area (Å²) in [5, 5.41) is 2.67. The van der Waals surface area contributed by atoms with Gasteiger partial charge in [0.25, 0.3) is 5.91 Å². The van der Waals surface area contributed by atoms with Crippen LogP contribution in [0.3, 0.4) is 0 Å². The van der Waals surface area contributed by atoms with Crippen molar-refractivity contribution in [3.05, 3.63) is 29.8 Å². The van der Waals surface area contributed by atoms with Crippen LogP contribution in [0.4, 0.5) is 4.79 Å². The van der Waals surface area contributed by atoms with Crippen molar-refractivity contribution in [3.8, 4) is 5.75 Å². The van der Waals surface area contributed by atoms with Crippen molar-refractivity contribution < 1.29 is 19.1 Å². The fraction of sp³-hybridized carbons (Fsp3) is 0.526. The Morgan fingerprint density at radius 1 is 1.27 bits per heavy atom. The molecule has 0 bridgehead atoms. The number of nitrogens with zero attached hydrogens (tertiary/aromatic N) is 2. The Morgan fingerprint density at radius 3 is 2.62 bits per heavy atom. The number of carbonyl (C=O) groups is 3. The van der Waals surface area contributed by atoms with Crippen molar-refractivity contribution in [2.45, 2.75) is 38.8 Å². The zero-order valence-corrected chi connectivity index (χ0v) is 15.2. The number of amides is 3. The van der Waals surface area contributed by atoms with Crippen LogP contribution in [-0.2, 0) is 4.79 Å². The van der Waals surface area contributed by atoms with E-state index >= 15 is 0 Å². The van der Waals surface area contributed by atoms with Gasteiger partial charge in [0.1, 0.15) is 11.8 Å². The van der Waals surface area contributed by atoms with E-state index in [1.165, 1.54) is 4.90 Å². The van der Waals surface area contributed by atoms with E-state index in [0.29, 0.717) is 12.2 Å². The smallest absolute Gasteiger partial charge is 0.325 e. The number of likely N-dealkylation sites (tertiary alicyclic amines) is 1. The number of nitrogens with one attached hydrogen (secondary N) is 1. The number of hydrogen-bond acceptors (Lipinski definition) is 5. The lowest BCUT2D eigenvalue weighted by atomic mass is 10.1. The zero-order chi connectivity index (χ0) is 18.7. The largest absolute Gasteiger partial charge is 0.494 e. The third-order valence-corrected chi connectivity index (χ3v) is 4.93. The molecule has 3 amide bonds. The molecule has 0 aromatic heterocycles. The van der Waals surface area contributed by atoms with Crippen molar-refractivity contribution >= 4 is 17.7 Å². The van der Waals surface area contributed by atoms with Crippen molar-refractivity contribution in [3.63, 3.8) is 0 Å². The maximum absolute atomic E-state index is 12.1. The normalized spacial score (nSPS) is 23.4. The molecule has 26 heavy (non-hydrogen) atoms. The Balaban J connectivity index is 1.39. The second kappa shape index (κ2) is 7.86. The fourth-order valence-electron chi connectivity index (χ4n) is 3.46. The van der Waals surface area contributed by atoms with E-state index in [0.717, 1.165) is 38.2 Å². The predicted octanol–water partition coefficient (Wildman–Crippen LogP) is 1.67. The Bertz CT molecular complexity index is 689. The molecular formula is C19H25N3O4. The highest BCUT2D eigenvalue weighted by Gasteiger charge is 2.41. The molecule has 0 radical (unpaired) electrons. The number of ketones is 1. The predicted molar refractivity (Wildman–Crippen MR) is 96.2 cm³/mol. The summed E-state index contributed by atoms with van der Waals surface area (Å²) in [5.41, 5.74) is 0.676. The summed E-state index contributed by atoms with van der Waals surface area (Å²) >= 11 is 0. The molecule has 2 heterocycles. The molecule has 2 aliphatic rings. The Hall–Kier alpha value is -2.41. The van der Waals surface area contributed by atoms with E-state index in [-0.39, 0.29) is 23.8 Å². The monoisotopic (exact) mass is 359 g/mol. The molecule has 2 saturated heterocycles. The molecule has 7 heteroatoms. The number of hydrogen-bond donors (Lipinski definition) is 1. The van der Waals surface area contributed by atoms with Gasteiger partial charge in [0.2, 0.25) is 0 Å². The minimum Gasteiger partial charge on any atom is -0.494 e. The summed E-state index contributed by atoms with van der Waals surface area (Å²) in [7, 11) is 0. The van der Waals surface area contributed by atoms with E-state index in [4.69, 9.17) is 4.74 Å². The molecule has 1 aromatic rings. The van der Waals surface area contributed by atoms with Crippen molar-refractivity contribution in [2.24, 2.45) is 0 Å². The first-order valence-corrected chi connectivity index (χ1v) is 9.05. The van der Waals surface area contributed by atoms with Crippen LogP contribution in [0.5, 0.6) is 5.75 Å². The average Bonchev–Trinajstić information content (AvgIpc) is 3.16. The minimum absolute atomic E-state index is 0.0347. The SMILES string of the molecule is CC(=O)c1ccc(OCCCN2CC[C@@H](N3C(=O)N[C@H](C)C3=O)C2)cc1.